The largest absolute Gasteiger partial charge is 0.456 e. The second-order valence-electron chi connectivity index (χ2n) is 7.72. The Labute approximate surface area is 191 Å². The van der Waals surface area contributed by atoms with E-state index in [0.29, 0.717) is 0 Å². The summed E-state index contributed by atoms with van der Waals surface area (Å²) in [6, 6.07) is 0. The molecule has 2 N–H and O–H groups in total. The number of methoxy groups -OCH3 is 2. The van der Waals surface area contributed by atoms with E-state index in [2.05, 4.69) is 0 Å². The minimum Gasteiger partial charge on any atom is -0.456 e. The van der Waals surface area contributed by atoms with Crippen LogP contribution in [0.5, 0.6) is 0 Å². The molecule has 2 rings (SSSR count). The van der Waals surface area contributed by atoms with Crippen LogP contribution in [0.3, 0.4) is 0 Å². The number of ether oxygens (including phenoxy) is 8. The molecule has 0 aliphatic carbocycles. The lowest BCUT2D eigenvalue weighted by Gasteiger charge is -2.45. The fourth-order valence-corrected chi connectivity index (χ4v) is 3.86. The van der Waals surface area contributed by atoms with Crippen LogP contribution >= 0.6 is 0 Å². The SMILES string of the molecule is CO[C@@H]1[C@@H](OC)[C@H](O)[C@@H](CO[C@@H]2O[C@@H](C)[C@H](OC(C)=O)[C@@H](OC(C)=O)[C@H]2OC(C)=O)O[C@@H]1O. The Bertz CT molecular complexity index is 685. The van der Waals surface area contributed by atoms with Gasteiger partial charge in [-0.3, -0.25) is 14.4 Å². The first kappa shape index (κ1) is 27.4. The maximum absolute atomic E-state index is 11.7. The van der Waals surface area contributed by atoms with E-state index in [0.717, 1.165) is 13.8 Å². The van der Waals surface area contributed by atoms with Crippen molar-refractivity contribution in [3.05, 3.63) is 0 Å². The molecule has 0 aromatic carbocycles. The number of hydrogen-bond acceptors (Lipinski definition) is 13. The molecule has 2 aliphatic rings. The highest BCUT2D eigenvalue weighted by Gasteiger charge is 2.52. The first-order chi connectivity index (χ1) is 15.5. The minimum absolute atomic E-state index is 0.325. The summed E-state index contributed by atoms with van der Waals surface area (Å²) >= 11 is 0. The molecule has 33 heavy (non-hydrogen) atoms. The molecule has 0 bridgehead atoms. The van der Waals surface area contributed by atoms with Crippen LogP contribution in [-0.2, 0) is 52.3 Å². The Balaban J connectivity index is 2.22. The van der Waals surface area contributed by atoms with Crippen LogP contribution in [0.15, 0.2) is 0 Å². The first-order valence-corrected chi connectivity index (χ1v) is 10.4. The Hall–Kier alpha value is -1.87. The number of esters is 3. The Morgan fingerprint density at radius 2 is 1.27 bits per heavy atom. The number of hydrogen-bond donors (Lipinski definition) is 2. The lowest BCUT2D eigenvalue weighted by Crippen LogP contribution is -2.63. The van der Waals surface area contributed by atoms with Gasteiger partial charge in [0.1, 0.15) is 24.4 Å². The molecule has 0 aromatic rings. The molecule has 2 fully saturated rings. The van der Waals surface area contributed by atoms with Gasteiger partial charge in [0.15, 0.2) is 30.9 Å². The Kier molecular flexibility index (Phi) is 9.97. The van der Waals surface area contributed by atoms with Crippen LogP contribution in [0.1, 0.15) is 27.7 Å². The van der Waals surface area contributed by atoms with E-state index >= 15 is 0 Å². The lowest BCUT2D eigenvalue weighted by atomic mass is 9.98. The van der Waals surface area contributed by atoms with Crippen LogP contribution in [-0.4, -0.2) is 110 Å². The normalized spacial score (nSPS) is 38.9. The van der Waals surface area contributed by atoms with Crippen molar-refractivity contribution in [2.24, 2.45) is 0 Å². The van der Waals surface area contributed by atoms with Crippen molar-refractivity contribution >= 4 is 17.9 Å². The van der Waals surface area contributed by atoms with Crippen molar-refractivity contribution in [2.75, 3.05) is 20.8 Å². The average molecular weight is 480 g/mol. The van der Waals surface area contributed by atoms with E-state index in [-0.39, 0.29) is 6.61 Å². The summed E-state index contributed by atoms with van der Waals surface area (Å²) in [6.07, 6.45) is -11.3. The summed E-state index contributed by atoms with van der Waals surface area (Å²) in [6.45, 7) is 4.70. The molecule has 13 heteroatoms. The summed E-state index contributed by atoms with van der Waals surface area (Å²) in [5.74, 6) is -2.08. The van der Waals surface area contributed by atoms with Crippen molar-refractivity contribution in [1.82, 2.24) is 0 Å². The minimum atomic E-state index is -1.41. The van der Waals surface area contributed by atoms with Gasteiger partial charge in [0.25, 0.3) is 0 Å². The van der Waals surface area contributed by atoms with Gasteiger partial charge >= 0.3 is 17.9 Å². The summed E-state index contributed by atoms with van der Waals surface area (Å²) in [4.78, 5) is 35.0. The molecule has 2 heterocycles. The van der Waals surface area contributed by atoms with Gasteiger partial charge in [-0.15, -0.1) is 0 Å². The van der Waals surface area contributed by atoms with Crippen LogP contribution in [0.4, 0.5) is 0 Å². The predicted molar refractivity (Wildman–Crippen MR) is 105 cm³/mol. The third-order valence-corrected chi connectivity index (χ3v) is 5.24. The van der Waals surface area contributed by atoms with Gasteiger partial charge in [0, 0.05) is 35.0 Å². The molecule has 0 amide bonds. The second kappa shape index (κ2) is 12.0. The van der Waals surface area contributed by atoms with Gasteiger partial charge in [-0.2, -0.15) is 0 Å². The lowest BCUT2D eigenvalue weighted by molar-refractivity contribution is -0.327. The summed E-state index contributed by atoms with van der Waals surface area (Å²) in [5.41, 5.74) is 0. The third-order valence-electron chi connectivity index (χ3n) is 5.24. The zero-order chi connectivity index (χ0) is 24.9. The smallest absolute Gasteiger partial charge is 0.303 e. The van der Waals surface area contributed by atoms with Gasteiger partial charge in [0.2, 0.25) is 0 Å². The first-order valence-electron chi connectivity index (χ1n) is 10.4. The third kappa shape index (κ3) is 6.82. The van der Waals surface area contributed by atoms with Crippen molar-refractivity contribution in [2.45, 2.75) is 89.1 Å². The highest BCUT2D eigenvalue weighted by Crippen LogP contribution is 2.31. The standard InChI is InChI=1S/C20H32O13/c1-8-14(30-9(2)21)16(31-10(3)22)18(32-11(4)23)20(29-8)28-7-12-13(24)15(26-5)17(27-6)19(25)33-12/h8,12-20,24-25H,7H2,1-6H3/t8-,12+,13+,14-,15-,16+,17+,18+,19-,20+/m0/s1. The van der Waals surface area contributed by atoms with E-state index in [4.69, 9.17) is 37.9 Å². The van der Waals surface area contributed by atoms with E-state index in [1.807, 2.05) is 0 Å². The van der Waals surface area contributed by atoms with Crippen LogP contribution in [0.25, 0.3) is 0 Å². The monoisotopic (exact) mass is 480 g/mol. The van der Waals surface area contributed by atoms with Crippen molar-refractivity contribution in [3.8, 4) is 0 Å². The van der Waals surface area contributed by atoms with Gasteiger partial charge < -0.3 is 48.1 Å². The van der Waals surface area contributed by atoms with Crippen LogP contribution in [0, 0.1) is 0 Å². The number of carbonyl (C=O) groups is 3. The van der Waals surface area contributed by atoms with E-state index in [1.54, 1.807) is 6.92 Å². The predicted octanol–water partition coefficient (Wildman–Crippen LogP) is -1.35. The van der Waals surface area contributed by atoms with Gasteiger partial charge in [-0.25, -0.2) is 0 Å². The molecule has 190 valence electrons. The van der Waals surface area contributed by atoms with E-state index < -0.39 is 79.3 Å². The zero-order valence-electron chi connectivity index (χ0n) is 19.4. The molecule has 0 saturated carbocycles. The van der Waals surface area contributed by atoms with Gasteiger partial charge in [0.05, 0.1) is 12.7 Å². The Morgan fingerprint density at radius 1 is 0.758 bits per heavy atom. The van der Waals surface area contributed by atoms with E-state index in [1.165, 1.54) is 21.1 Å². The average Bonchev–Trinajstić information content (AvgIpc) is 2.72. The van der Waals surface area contributed by atoms with Crippen molar-refractivity contribution in [3.63, 3.8) is 0 Å². The molecular formula is C20H32O13. The maximum atomic E-state index is 11.7. The van der Waals surface area contributed by atoms with Crippen molar-refractivity contribution in [1.29, 1.82) is 0 Å². The zero-order valence-corrected chi connectivity index (χ0v) is 19.4. The molecule has 10 atom stereocenters. The van der Waals surface area contributed by atoms with Crippen LogP contribution < -0.4 is 0 Å². The number of aliphatic hydroxyl groups excluding tert-OH is 2. The van der Waals surface area contributed by atoms with E-state index in [9.17, 15) is 24.6 Å². The molecular weight excluding hydrogens is 448 g/mol. The number of rotatable bonds is 8. The summed E-state index contributed by atoms with van der Waals surface area (Å²) in [7, 11) is 2.68. The summed E-state index contributed by atoms with van der Waals surface area (Å²) in [5, 5.41) is 20.7. The molecule has 0 spiro atoms. The maximum Gasteiger partial charge on any atom is 0.303 e. The van der Waals surface area contributed by atoms with Crippen molar-refractivity contribution < 1.29 is 62.5 Å². The fourth-order valence-electron chi connectivity index (χ4n) is 3.86. The fraction of sp³-hybridized carbons (Fsp3) is 0.850. The molecule has 0 aromatic heterocycles. The van der Waals surface area contributed by atoms with Crippen LogP contribution in [0.2, 0.25) is 0 Å². The molecule has 13 nitrogen and oxygen atoms in total. The number of carbonyl (C=O) groups excluding carboxylic acids is 3. The molecule has 0 radical (unpaired) electrons. The highest BCUT2D eigenvalue weighted by molar-refractivity contribution is 5.68. The summed E-state index contributed by atoms with van der Waals surface area (Å²) < 4.78 is 43.0. The van der Waals surface area contributed by atoms with Gasteiger partial charge in [-0.1, -0.05) is 0 Å². The quantitative estimate of drug-likeness (QED) is 0.310. The molecule has 2 saturated heterocycles. The second-order valence-corrected chi connectivity index (χ2v) is 7.72. The Morgan fingerprint density at radius 3 is 1.79 bits per heavy atom. The molecule has 2 aliphatic heterocycles. The molecule has 0 unspecified atom stereocenters. The topological polar surface area (TPSA) is 166 Å². The van der Waals surface area contributed by atoms with Gasteiger partial charge in [-0.05, 0) is 6.92 Å². The number of aliphatic hydroxyl groups is 2. The highest BCUT2D eigenvalue weighted by atomic mass is 16.7.